The number of anilines is 1. The van der Waals surface area contributed by atoms with Crippen LogP contribution >= 0.6 is 0 Å². The Bertz CT molecular complexity index is 1310. The maximum absolute atomic E-state index is 12.6. The summed E-state index contributed by atoms with van der Waals surface area (Å²) in [5, 5.41) is 26.9. The summed E-state index contributed by atoms with van der Waals surface area (Å²) in [6, 6.07) is 15.6. The van der Waals surface area contributed by atoms with Gasteiger partial charge in [-0.2, -0.15) is 5.10 Å². The molecule has 0 atom stereocenters. The Labute approximate surface area is 188 Å². The van der Waals surface area contributed by atoms with E-state index in [2.05, 4.69) is 20.7 Å². The predicted octanol–water partition coefficient (Wildman–Crippen LogP) is 3.01. The molecule has 0 unspecified atom stereocenters. The molecule has 1 aliphatic rings. The molecule has 3 heterocycles. The molecule has 0 saturated heterocycles. The minimum atomic E-state index is -0.444. The number of hydrogen-bond acceptors (Lipinski definition) is 6. The quantitative estimate of drug-likeness (QED) is 0.373. The first-order valence-electron chi connectivity index (χ1n) is 10.4. The van der Waals surface area contributed by atoms with E-state index in [4.69, 9.17) is 0 Å². The molecule has 4 aromatic rings. The molecule has 166 valence electrons. The van der Waals surface area contributed by atoms with Crippen molar-refractivity contribution in [1.82, 2.24) is 29.7 Å². The van der Waals surface area contributed by atoms with E-state index in [1.807, 2.05) is 35.0 Å². The summed E-state index contributed by atoms with van der Waals surface area (Å²) >= 11 is 0. The molecule has 0 fully saturated rings. The Balaban J connectivity index is 1.29. The van der Waals surface area contributed by atoms with E-state index in [9.17, 15) is 14.9 Å². The third kappa shape index (κ3) is 4.15. The highest BCUT2D eigenvalue weighted by atomic mass is 16.6. The van der Waals surface area contributed by atoms with Crippen molar-refractivity contribution < 1.29 is 9.72 Å². The van der Waals surface area contributed by atoms with Gasteiger partial charge in [0.15, 0.2) is 0 Å². The van der Waals surface area contributed by atoms with Gasteiger partial charge >= 0.3 is 6.03 Å². The number of nitro groups is 1. The van der Waals surface area contributed by atoms with Gasteiger partial charge in [-0.3, -0.25) is 14.8 Å². The average molecular weight is 444 g/mol. The topological polar surface area (TPSA) is 124 Å². The molecule has 2 aromatic heterocycles. The lowest BCUT2D eigenvalue weighted by Gasteiger charge is -2.27. The van der Waals surface area contributed by atoms with Crippen molar-refractivity contribution in [2.24, 2.45) is 0 Å². The van der Waals surface area contributed by atoms with Gasteiger partial charge < -0.3 is 10.2 Å². The molecule has 11 nitrogen and oxygen atoms in total. The standard InChI is InChI=1S/C22H20N8O3/c31-22(24-17-6-2-1-3-7-17)27-11-10-19-16(13-27)12-23-28(19)14-18-15-29(26-25-18)20-8-4-5-9-21(20)30(32)33/h1-9,12,15H,10-11,13-14H2,(H,24,31). The summed E-state index contributed by atoms with van der Waals surface area (Å²) in [5.41, 5.74) is 3.71. The molecule has 2 amide bonds. The number of para-hydroxylation sites is 3. The molecule has 5 rings (SSSR count). The number of carbonyl (C=O) groups is 1. The molecular weight excluding hydrogens is 424 g/mol. The highest BCUT2D eigenvalue weighted by Gasteiger charge is 2.24. The van der Waals surface area contributed by atoms with Crippen LogP contribution in [0.2, 0.25) is 0 Å². The minimum absolute atomic E-state index is 0.0423. The van der Waals surface area contributed by atoms with Crippen molar-refractivity contribution in [3.8, 4) is 5.69 Å². The van der Waals surface area contributed by atoms with Crippen molar-refractivity contribution in [1.29, 1.82) is 0 Å². The Hall–Kier alpha value is -4.54. The number of aromatic nitrogens is 5. The fourth-order valence-corrected chi connectivity index (χ4v) is 3.88. The van der Waals surface area contributed by atoms with Crippen LogP contribution in [0.25, 0.3) is 5.69 Å². The summed E-state index contributed by atoms with van der Waals surface area (Å²) in [5.74, 6) is 0. The number of fused-ring (bicyclic) bond motifs is 1. The van der Waals surface area contributed by atoms with E-state index >= 15 is 0 Å². The largest absolute Gasteiger partial charge is 0.322 e. The monoisotopic (exact) mass is 444 g/mol. The van der Waals surface area contributed by atoms with Crippen LogP contribution in [0, 0.1) is 10.1 Å². The third-order valence-corrected chi connectivity index (χ3v) is 5.51. The molecule has 1 aliphatic heterocycles. The van der Waals surface area contributed by atoms with E-state index < -0.39 is 4.92 Å². The molecule has 0 radical (unpaired) electrons. The van der Waals surface area contributed by atoms with Gasteiger partial charge in [0.05, 0.1) is 30.4 Å². The average Bonchev–Trinajstić information content (AvgIpc) is 3.47. The van der Waals surface area contributed by atoms with Gasteiger partial charge in [0.25, 0.3) is 5.69 Å². The Kier molecular flexibility index (Phi) is 5.27. The number of amides is 2. The first-order chi connectivity index (χ1) is 16.1. The second kappa shape index (κ2) is 8.54. The van der Waals surface area contributed by atoms with Crippen molar-refractivity contribution >= 4 is 17.4 Å². The zero-order chi connectivity index (χ0) is 22.8. The van der Waals surface area contributed by atoms with E-state index in [1.54, 1.807) is 35.5 Å². The van der Waals surface area contributed by atoms with Gasteiger partial charge in [-0.1, -0.05) is 35.5 Å². The van der Waals surface area contributed by atoms with Crippen LogP contribution < -0.4 is 5.32 Å². The lowest BCUT2D eigenvalue weighted by Crippen LogP contribution is -2.39. The predicted molar refractivity (Wildman–Crippen MR) is 119 cm³/mol. The number of benzene rings is 2. The summed E-state index contributed by atoms with van der Waals surface area (Å²) < 4.78 is 3.24. The molecule has 0 spiro atoms. The van der Waals surface area contributed by atoms with Crippen LogP contribution in [0.1, 0.15) is 17.0 Å². The van der Waals surface area contributed by atoms with E-state index in [-0.39, 0.29) is 11.7 Å². The zero-order valence-electron chi connectivity index (χ0n) is 17.5. The Morgan fingerprint density at radius 3 is 2.73 bits per heavy atom. The molecule has 11 heteroatoms. The molecule has 2 aromatic carbocycles. The van der Waals surface area contributed by atoms with Crippen LogP contribution in [0.15, 0.2) is 67.0 Å². The molecule has 0 bridgehead atoms. The van der Waals surface area contributed by atoms with Crippen LogP contribution in [0.4, 0.5) is 16.2 Å². The minimum Gasteiger partial charge on any atom is -0.320 e. The SMILES string of the molecule is O=C(Nc1ccccc1)N1CCc2c(cnn2Cc2cn(-c3ccccc3[N+](=O)[O-])nn2)C1. The Morgan fingerprint density at radius 1 is 1.12 bits per heavy atom. The number of nitrogens with zero attached hydrogens (tertiary/aromatic N) is 7. The second-order valence-electron chi connectivity index (χ2n) is 7.64. The van der Waals surface area contributed by atoms with Crippen molar-refractivity contribution in [3.63, 3.8) is 0 Å². The van der Waals surface area contributed by atoms with Gasteiger partial charge in [-0.25, -0.2) is 9.48 Å². The molecule has 1 N–H and O–H groups in total. The van der Waals surface area contributed by atoms with Gasteiger partial charge in [-0.15, -0.1) is 5.10 Å². The van der Waals surface area contributed by atoms with E-state index in [1.165, 1.54) is 10.7 Å². The number of nitro benzene ring substituents is 1. The van der Waals surface area contributed by atoms with Gasteiger partial charge in [0.1, 0.15) is 11.4 Å². The smallest absolute Gasteiger partial charge is 0.320 e. The third-order valence-electron chi connectivity index (χ3n) is 5.51. The molecule has 33 heavy (non-hydrogen) atoms. The van der Waals surface area contributed by atoms with Crippen LogP contribution in [-0.4, -0.2) is 47.2 Å². The number of urea groups is 1. The first-order valence-corrected chi connectivity index (χ1v) is 10.4. The number of carbonyl (C=O) groups excluding carboxylic acids is 1. The fourth-order valence-electron chi connectivity index (χ4n) is 3.88. The maximum atomic E-state index is 12.6. The summed E-state index contributed by atoms with van der Waals surface area (Å²) in [6.07, 6.45) is 4.10. The van der Waals surface area contributed by atoms with Crippen molar-refractivity contribution in [3.05, 3.63) is 94.1 Å². The van der Waals surface area contributed by atoms with Crippen LogP contribution in [0.5, 0.6) is 0 Å². The maximum Gasteiger partial charge on any atom is 0.322 e. The molecule has 0 aliphatic carbocycles. The molecule has 0 saturated carbocycles. The van der Waals surface area contributed by atoms with Gasteiger partial charge in [-0.05, 0) is 18.2 Å². The van der Waals surface area contributed by atoms with E-state index in [0.717, 1.165) is 16.9 Å². The normalized spacial score (nSPS) is 12.9. The summed E-state index contributed by atoms with van der Waals surface area (Å²) in [7, 11) is 0. The van der Waals surface area contributed by atoms with Crippen molar-refractivity contribution in [2.75, 3.05) is 11.9 Å². The number of hydrogen-bond donors (Lipinski definition) is 1. The number of nitrogens with one attached hydrogen (secondary N) is 1. The van der Waals surface area contributed by atoms with Crippen molar-refractivity contribution in [2.45, 2.75) is 19.5 Å². The Morgan fingerprint density at radius 2 is 1.91 bits per heavy atom. The lowest BCUT2D eigenvalue weighted by atomic mass is 10.1. The summed E-state index contributed by atoms with van der Waals surface area (Å²) in [4.78, 5) is 25.2. The van der Waals surface area contributed by atoms with Gasteiger partial charge in [0, 0.05) is 36.0 Å². The van der Waals surface area contributed by atoms with Crippen LogP contribution in [-0.2, 0) is 19.5 Å². The highest BCUT2D eigenvalue weighted by Crippen LogP contribution is 2.23. The van der Waals surface area contributed by atoms with E-state index in [0.29, 0.717) is 37.4 Å². The highest BCUT2D eigenvalue weighted by molar-refractivity contribution is 5.89. The second-order valence-corrected chi connectivity index (χ2v) is 7.64. The fraction of sp³-hybridized carbons (Fsp3) is 0.182. The summed E-state index contributed by atoms with van der Waals surface area (Å²) in [6.45, 7) is 1.42. The molecular formula is C22H20N8O3. The number of rotatable bonds is 5. The van der Waals surface area contributed by atoms with Crippen LogP contribution in [0.3, 0.4) is 0 Å². The van der Waals surface area contributed by atoms with Gasteiger partial charge in [0.2, 0.25) is 0 Å². The lowest BCUT2D eigenvalue weighted by molar-refractivity contribution is -0.384. The first kappa shape index (κ1) is 20.4. The zero-order valence-corrected chi connectivity index (χ0v) is 17.5.